The van der Waals surface area contributed by atoms with Crippen LogP contribution in [-0.4, -0.2) is 123 Å². The van der Waals surface area contributed by atoms with E-state index in [0.29, 0.717) is 32.4 Å². The lowest BCUT2D eigenvalue weighted by molar-refractivity contribution is -0.290. The van der Waals surface area contributed by atoms with Crippen molar-refractivity contribution in [2.75, 3.05) is 20.2 Å². The number of likely N-dealkylation sites (N-methyl/N-ethyl adjacent to an activating group) is 1. The Bertz CT molecular complexity index is 1850. The fourth-order valence-corrected chi connectivity index (χ4v) is 9.74. The van der Waals surface area contributed by atoms with Gasteiger partial charge in [-0.05, 0) is 103 Å². The maximum Gasteiger partial charge on any atom is 0.410 e. The second-order valence-electron chi connectivity index (χ2n) is 17.8. The van der Waals surface area contributed by atoms with Crippen molar-refractivity contribution in [1.29, 1.82) is 0 Å². The predicted molar refractivity (Wildman–Crippen MR) is 218 cm³/mol. The molecule has 2 N–H and O–H groups in total. The molecule has 14 nitrogen and oxygen atoms in total. The number of carbonyl (C=O) groups excluding carboxylic acids is 4. The number of amides is 1. The maximum absolute atomic E-state index is 16.9. The number of imidazole rings is 1. The molecular weight excluding hydrogens is 763 g/mol. The van der Waals surface area contributed by atoms with E-state index in [2.05, 4.69) is 40.8 Å². The summed E-state index contributed by atoms with van der Waals surface area (Å²) in [5, 5.41) is 14.6. The number of carbonyl (C=O) groups is 4. The van der Waals surface area contributed by atoms with Crippen LogP contribution < -0.4 is 5.32 Å². The molecule has 1 amide bonds. The third-order valence-corrected chi connectivity index (χ3v) is 13.3. The van der Waals surface area contributed by atoms with Crippen molar-refractivity contribution in [1.82, 2.24) is 19.8 Å². The summed E-state index contributed by atoms with van der Waals surface area (Å²) in [6.07, 6.45) is -2.31. The van der Waals surface area contributed by atoms with Crippen LogP contribution in [0, 0.1) is 31.6 Å². The number of ketones is 2. The predicted octanol–water partition coefficient (Wildman–Crippen LogP) is 5.78. The molecule has 15 heteroatoms. The van der Waals surface area contributed by atoms with Crippen LogP contribution in [0.1, 0.15) is 106 Å². The molecule has 330 valence electrons. The number of fused-ring (bicyclic) bond motifs is 2. The van der Waals surface area contributed by atoms with Gasteiger partial charge in [0.15, 0.2) is 17.7 Å². The van der Waals surface area contributed by atoms with Crippen molar-refractivity contribution in [3.8, 4) is 0 Å². The minimum Gasteiger partial charge on any atom is -0.455 e. The Hall–Kier alpha value is -3.50. The number of Topliss-reactive ketones (excluding diaryl/α,β-unsaturated/α-hetero) is 2. The number of nitrogens with one attached hydrogen (secondary N) is 1. The fourth-order valence-electron chi connectivity index (χ4n) is 9.74. The second kappa shape index (κ2) is 18.2. The Labute approximate surface area is 348 Å². The number of alkyl halides is 1. The lowest BCUT2D eigenvalue weighted by Gasteiger charge is -2.46. The molecule has 1 aromatic heterocycles. The molecule has 5 rings (SSSR count). The Balaban J connectivity index is 1.48. The molecule has 59 heavy (non-hydrogen) atoms. The van der Waals surface area contributed by atoms with Gasteiger partial charge in [0.2, 0.25) is 0 Å². The summed E-state index contributed by atoms with van der Waals surface area (Å²) in [4.78, 5) is 62.9. The number of cyclic esters (lactones) is 1. The number of hydrogen-bond acceptors (Lipinski definition) is 12. The molecule has 1 aromatic carbocycles. The van der Waals surface area contributed by atoms with E-state index in [0.717, 1.165) is 29.1 Å². The van der Waals surface area contributed by atoms with Crippen LogP contribution in [0.4, 0.5) is 9.18 Å². The van der Waals surface area contributed by atoms with E-state index in [4.69, 9.17) is 23.7 Å². The summed E-state index contributed by atoms with van der Waals surface area (Å²) in [6.45, 7) is 20.1. The van der Waals surface area contributed by atoms with Gasteiger partial charge in [-0.25, -0.2) is 19.0 Å². The number of halogens is 1. The highest BCUT2D eigenvalue weighted by Gasteiger charge is 2.61. The first-order valence-electron chi connectivity index (χ1n) is 21.3. The lowest BCUT2D eigenvalue weighted by Crippen LogP contribution is -2.62. The molecule has 3 aliphatic heterocycles. The van der Waals surface area contributed by atoms with E-state index in [1.165, 1.54) is 18.9 Å². The molecule has 3 saturated heterocycles. The molecule has 4 heterocycles. The molecular formula is C44H67FN4O10. The summed E-state index contributed by atoms with van der Waals surface area (Å²) >= 11 is 0. The van der Waals surface area contributed by atoms with Gasteiger partial charge in [0.05, 0.1) is 41.2 Å². The summed E-state index contributed by atoms with van der Waals surface area (Å²) in [5.41, 5.74) is -1.95. The van der Waals surface area contributed by atoms with E-state index < -0.39 is 89.2 Å². The molecule has 3 fully saturated rings. The topological polar surface area (TPSA) is 168 Å². The highest BCUT2D eigenvalue weighted by atomic mass is 19.1. The monoisotopic (exact) mass is 830 g/mol. The number of benzene rings is 1. The van der Waals surface area contributed by atoms with Gasteiger partial charge in [-0.15, -0.1) is 0 Å². The van der Waals surface area contributed by atoms with E-state index in [-0.39, 0.29) is 31.3 Å². The number of esters is 1. The zero-order valence-corrected chi connectivity index (χ0v) is 37.0. The van der Waals surface area contributed by atoms with Crippen molar-refractivity contribution >= 4 is 34.7 Å². The van der Waals surface area contributed by atoms with Gasteiger partial charge in [0.1, 0.15) is 18.0 Å². The van der Waals surface area contributed by atoms with Crippen molar-refractivity contribution in [2.24, 2.45) is 17.8 Å². The molecule has 1 unspecified atom stereocenters. The molecule has 0 aliphatic carbocycles. The lowest BCUT2D eigenvalue weighted by atomic mass is 9.73. The second-order valence-corrected chi connectivity index (χ2v) is 17.8. The number of rotatable bonds is 11. The number of aliphatic hydroxyl groups is 1. The first-order chi connectivity index (χ1) is 27.6. The number of aromatic nitrogens is 2. The van der Waals surface area contributed by atoms with Gasteiger partial charge in [0, 0.05) is 44.0 Å². The van der Waals surface area contributed by atoms with Gasteiger partial charge < -0.3 is 43.6 Å². The van der Waals surface area contributed by atoms with Crippen LogP contribution in [0.25, 0.3) is 11.0 Å². The largest absolute Gasteiger partial charge is 0.455 e. The Morgan fingerprint density at radius 3 is 2.31 bits per heavy atom. The fraction of sp³-hybridized carbons (Fsp3) is 0.750. The van der Waals surface area contributed by atoms with Gasteiger partial charge in [0.25, 0.3) is 5.67 Å². The summed E-state index contributed by atoms with van der Waals surface area (Å²) < 4.78 is 49.6. The van der Waals surface area contributed by atoms with Crippen LogP contribution >= 0.6 is 0 Å². The van der Waals surface area contributed by atoms with Crippen molar-refractivity contribution in [2.45, 2.75) is 174 Å². The van der Waals surface area contributed by atoms with E-state index >= 15 is 4.39 Å². The first kappa shape index (κ1) is 46.6. The van der Waals surface area contributed by atoms with Gasteiger partial charge >= 0.3 is 12.1 Å². The Morgan fingerprint density at radius 1 is 1.00 bits per heavy atom. The van der Waals surface area contributed by atoms with Crippen LogP contribution in [0.3, 0.4) is 0 Å². The number of aryl methyl sites for hydroxylation is 3. The normalized spacial score (nSPS) is 37.6. The summed E-state index contributed by atoms with van der Waals surface area (Å²) in [6, 6.07) is 2.87. The minimum atomic E-state index is -3.17. The highest BCUT2D eigenvalue weighted by Crippen LogP contribution is 2.43. The van der Waals surface area contributed by atoms with E-state index in [1.807, 2.05) is 20.2 Å². The third kappa shape index (κ3) is 9.10. The van der Waals surface area contributed by atoms with Crippen molar-refractivity contribution < 1.29 is 52.4 Å². The average Bonchev–Trinajstić information content (AvgIpc) is 3.69. The van der Waals surface area contributed by atoms with Crippen LogP contribution in [0.5, 0.6) is 0 Å². The average molecular weight is 831 g/mol. The Kier molecular flexibility index (Phi) is 14.4. The molecule has 13 atom stereocenters. The van der Waals surface area contributed by atoms with Gasteiger partial charge in [-0.2, -0.15) is 0 Å². The molecule has 0 bridgehead atoms. The first-order valence-corrected chi connectivity index (χ1v) is 21.3. The molecule has 2 aromatic rings. The minimum absolute atomic E-state index is 0.00468. The van der Waals surface area contributed by atoms with Crippen LogP contribution in [-0.2, 0) is 44.6 Å². The molecule has 0 saturated carbocycles. The quantitative estimate of drug-likeness (QED) is 0.160. The van der Waals surface area contributed by atoms with Crippen molar-refractivity contribution in [3.63, 3.8) is 0 Å². The summed E-state index contributed by atoms with van der Waals surface area (Å²) in [7, 11) is 1.41. The zero-order valence-electron chi connectivity index (χ0n) is 37.0. The smallest absolute Gasteiger partial charge is 0.410 e. The Morgan fingerprint density at radius 2 is 1.66 bits per heavy atom. The number of methoxy groups -OCH3 is 1. The summed E-state index contributed by atoms with van der Waals surface area (Å²) in [5.74, 6) is -5.75. The number of nitrogens with zero attached hydrogens (tertiary/aromatic N) is 3. The van der Waals surface area contributed by atoms with Gasteiger partial charge in [-0.3, -0.25) is 9.59 Å². The number of aliphatic hydroxyl groups excluding tert-OH is 1. The van der Waals surface area contributed by atoms with Crippen LogP contribution in [0.2, 0.25) is 0 Å². The number of hydrogen-bond donors (Lipinski definition) is 2. The molecule has 3 aliphatic rings. The van der Waals surface area contributed by atoms with Gasteiger partial charge in [-0.1, -0.05) is 34.6 Å². The highest BCUT2D eigenvalue weighted by molar-refractivity contribution is 6.08. The zero-order chi connectivity index (χ0) is 43.8. The standard InChI is InChI=1S/C44H67FN4O10/c1-13-33-44(11)36(49(41(54)59-44)18-16-15-17-48-23-47-30-19-24(3)25(4)20-32(30)48)28(7)34(50)26(5)22-42(9,55-12)38(29(8)37(52)43(10,45)40(53)57-33)58-39-35(51)31(46-14-2)21-27(6)56-39/h19-20,23,26-29,31,33,35-36,38-39,46,51H,13-18,21-22H2,1-12H3/t26-,27-,28+,29+,31+,33-,35+,36?,38-,39+,42-,43+,44-/m1/s1. The SMILES string of the molecule is CCN[C@H]1C[C@@H](C)O[C@@H](O[C@@H]2[C@@H](C)C(=O)[C@](C)(F)C(=O)O[C@H](CC)[C@@]3(C)OC(=O)N(CCCCn4cnc5cc(C)c(C)cc54)C3[C@@H](C)C(=O)[C@H](C)C[C@@]2(C)OC)[C@H]1O. The number of unbranched alkanes of at least 4 members (excludes halogenated alkanes) is 1. The molecule has 0 spiro atoms. The maximum atomic E-state index is 16.9. The van der Waals surface area contributed by atoms with Crippen LogP contribution in [0.15, 0.2) is 18.5 Å². The van der Waals surface area contributed by atoms with Crippen molar-refractivity contribution in [3.05, 3.63) is 29.6 Å². The molecule has 0 radical (unpaired) electrons. The van der Waals surface area contributed by atoms with E-state index in [9.17, 15) is 24.3 Å². The third-order valence-electron chi connectivity index (χ3n) is 13.3. The van der Waals surface area contributed by atoms with E-state index in [1.54, 1.807) is 34.6 Å². The number of ether oxygens (including phenoxy) is 5.